The fraction of sp³-hybridized carbons (Fsp3) is 0.385. The average Bonchev–Trinajstić information content (AvgIpc) is 3.66. The molecule has 0 radical (unpaired) electrons. The topological polar surface area (TPSA) is 110 Å². The fourth-order valence-electron chi connectivity index (χ4n) is 4.51. The van der Waals surface area contributed by atoms with Crippen LogP contribution in [0.15, 0.2) is 47.4 Å². The minimum atomic E-state index is -1.32. The monoisotopic (exact) mass is 500 g/mol. The van der Waals surface area contributed by atoms with Crippen molar-refractivity contribution >= 4 is 16.9 Å². The summed E-state index contributed by atoms with van der Waals surface area (Å²) in [6, 6.07) is 9.22. The molecule has 0 amide bonds. The van der Waals surface area contributed by atoms with Crippen LogP contribution < -0.4 is 15.5 Å². The Hall–Kier alpha value is -3.34. The van der Waals surface area contributed by atoms with Gasteiger partial charge < -0.3 is 29.6 Å². The number of nitrogens with one attached hydrogen (secondary N) is 1. The molecule has 36 heavy (non-hydrogen) atoms. The zero-order valence-electron chi connectivity index (χ0n) is 19.4. The predicted molar refractivity (Wildman–Crippen MR) is 126 cm³/mol. The van der Waals surface area contributed by atoms with E-state index in [2.05, 4.69) is 5.32 Å². The first kappa shape index (κ1) is 24.4. The van der Waals surface area contributed by atoms with Crippen LogP contribution >= 0.6 is 0 Å². The van der Waals surface area contributed by atoms with Gasteiger partial charge in [-0.15, -0.1) is 0 Å². The van der Waals surface area contributed by atoms with Crippen LogP contribution in [0.5, 0.6) is 5.75 Å². The number of hydrogen-bond acceptors (Lipinski definition) is 7. The Labute approximate surface area is 205 Å². The summed E-state index contributed by atoms with van der Waals surface area (Å²) in [6.07, 6.45) is 2.97. The van der Waals surface area contributed by atoms with Gasteiger partial charge in [-0.3, -0.25) is 4.79 Å². The van der Waals surface area contributed by atoms with Crippen LogP contribution in [0.2, 0.25) is 0 Å². The number of carbonyl (C=O) groups excluding carboxylic acids is 1. The second-order valence-corrected chi connectivity index (χ2v) is 9.45. The molecular formula is C26H26F2N2O6. The molecule has 8 nitrogen and oxygen atoms in total. The number of nitrogens with zero attached hydrogens (tertiary/aromatic N) is 1. The third-order valence-electron chi connectivity index (χ3n) is 6.61. The molecule has 1 saturated carbocycles. The molecular weight excluding hydrogens is 474 g/mol. The molecule has 1 aromatic heterocycles. The molecule has 190 valence electrons. The van der Waals surface area contributed by atoms with Crippen molar-refractivity contribution in [2.45, 2.75) is 43.6 Å². The third-order valence-corrected chi connectivity index (χ3v) is 6.61. The van der Waals surface area contributed by atoms with E-state index in [-0.39, 0.29) is 48.7 Å². The molecule has 0 spiro atoms. The van der Waals surface area contributed by atoms with Gasteiger partial charge in [-0.2, -0.15) is 4.39 Å². The molecule has 3 N–H and O–H groups in total. The molecule has 2 aromatic carbocycles. The maximum atomic E-state index is 15.0. The quantitative estimate of drug-likeness (QED) is 0.408. The number of hydrogen-bond donors (Lipinski definition) is 3. The Bertz CT molecular complexity index is 1360. The van der Waals surface area contributed by atoms with Crippen LogP contribution in [-0.2, 0) is 11.3 Å². The zero-order chi connectivity index (χ0) is 25.4. The molecule has 3 aromatic rings. The van der Waals surface area contributed by atoms with Gasteiger partial charge in [0, 0.05) is 24.8 Å². The lowest BCUT2D eigenvalue weighted by Gasteiger charge is -2.20. The molecule has 0 unspecified atom stereocenters. The van der Waals surface area contributed by atoms with E-state index in [1.54, 1.807) is 28.8 Å². The Balaban J connectivity index is 1.50. The number of β-amino-alcohol motifs (C(OH)–C–C–N with tert-alkyl or cyclic N) is 1. The molecule has 2 aliphatic rings. The summed E-state index contributed by atoms with van der Waals surface area (Å²) >= 11 is 0. The average molecular weight is 500 g/mol. The molecule has 0 bridgehead atoms. The summed E-state index contributed by atoms with van der Waals surface area (Å²) < 4.78 is 42.2. The Kier molecular flexibility index (Phi) is 6.50. The van der Waals surface area contributed by atoms with E-state index in [0.29, 0.717) is 0 Å². The van der Waals surface area contributed by atoms with Crippen LogP contribution in [0.3, 0.4) is 0 Å². The second-order valence-electron chi connectivity index (χ2n) is 9.45. The minimum Gasteiger partial charge on any atom is -0.487 e. The molecule has 2 heterocycles. The van der Waals surface area contributed by atoms with Crippen molar-refractivity contribution < 1.29 is 33.3 Å². The van der Waals surface area contributed by atoms with Crippen molar-refractivity contribution in [2.24, 2.45) is 0 Å². The van der Waals surface area contributed by atoms with Crippen LogP contribution in [0.1, 0.15) is 41.2 Å². The van der Waals surface area contributed by atoms with Gasteiger partial charge in [0.15, 0.2) is 11.6 Å². The van der Waals surface area contributed by atoms with Gasteiger partial charge in [-0.1, -0.05) is 30.3 Å². The van der Waals surface area contributed by atoms with Crippen molar-refractivity contribution in [3.8, 4) is 5.75 Å². The largest absolute Gasteiger partial charge is 0.487 e. The maximum absolute atomic E-state index is 15.0. The standard InChI is InChI=1S/C26H26F2N2O6/c27-20-8-18-22(24(21(20)28)35-12-16-9-26(34,14-31)13-29-16)30(17-6-7-17)10-19(23(18)32)25(33)36-11-15-4-2-1-3-5-15/h1-5,8,10,16-17,29,31,34H,6-7,9,11-14H2/t16-,26+/m1/s1. The molecule has 5 rings (SSSR count). The summed E-state index contributed by atoms with van der Waals surface area (Å²) in [7, 11) is 0. The molecule has 1 aliphatic heterocycles. The van der Waals surface area contributed by atoms with Gasteiger partial charge in [-0.25, -0.2) is 9.18 Å². The number of halogens is 2. The van der Waals surface area contributed by atoms with Crippen LogP contribution in [0.4, 0.5) is 8.78 Å². The lowest BCUT2D eigenvalue weighted by atomic mass is 10.0. The van der Waals surface area contributed by atoms with Crippen molar-refractivity contribution in [3.05, 3.63) is 75.6 Å². The van der Waals surface area contributed by atoms with Crippen molar-refractivity contribution in [2.75, 3.05) is 19.8 Å². The lowest BCUT2D eigenvalue weighted by molar-refractivity contribution is 0.000243. The number of aliphatic hydroxyl groups is 2. The zero-order valence-corrected chi connectivity index (χ0v) is 19.4. The highest BCUT2D eigenvalue weighted by Gasteiger charge is 2.37. The Morgan fingerprint density at radius 3 is 2.64 bits per heavy atom. The van der Waals surface area contributed by atoms with Gasteiger partial charge in [0.25, 0.3) is 0 Å². The summed E-state index contributed by atoms with van der Waals surface area (Å²) in [5.74, 6) is -3.81. The fourth-order valence-corrected chi connectivity index (χ4v) is 4.51. The number of rotatable bonds is 8. The van der Waals surface area contributed by atoms with E-state index >= 15 is 0 Å². The number of carbonyl (C=O) groups is 1. The summed E-state index contributed by atoms with van der Waals surface area (Å²) in [4.78, 5) is 26.1. The van der Waals surface area contributed by atoms with Gasteiger partial charge in [0.05, 0.1) is 17.5 Å². The van der Waals surface area contributed by atoms with E-state index in [9.17, 15) is 28.6 Å². The summed E-state index contributed by atoms with van der Waals surface area (Å²) in [5.41, 5.74) is -1.56. The summed E-state index contributed by atoms with van der Waals surface area (Å²) in [6.45, 7) is -0.484. The number of esters is 1. The number of aliphatic hydroxyl groups excluding tert-OH is 1. The molecule has 2 fully saturated rings. The first-order chi connectivity index (χ1) is 17.3. The van der Waals surface area contributed by atoms with Crippen LogP contribution in [-0.4, -0.2) is 52.2 Å². The van der Waals surface area contributed by atoms with Gasteiger partial charge in [0.2, 0.25) is 11.2 Å². The highest BCUT2D eigenvalue weighted by atomic mass is 19.2. The second kappa shape index (κ2) is 9.61. The SMILES string of the molecule is O=C(OCc1ccccc1)c1cn(C2CC2)c2c(OC[C@H]3C[C@@](O)(CO)CN3)c(F)c(F)cc2c1=O. The number of pyridine rings is 1. The van der Waals surface area contributed by atoms with Crippen LogP contribution in [0, 0.1) is 11.6 Å². The molecule has 1 aliphatic carbocycles. The van der Waals surface area contributed by atoms with Gasteiger partial charge in [0.1, 0.15) is 24.4 Å². The highest BCUT2D eigenvalue weighted by Crippen LogP contribution is 2.40. The van der Waals surface area contributed by atoms with Gasteiger partial charge >= 0.3 is 5.97 Å². The van der Waals surface area contributed by atoms with Crippen molar-refractivity contribution in [1.82, 2.24) is 9.88 Å². The lowest BCUT2D eigenvalue weighted by Crippen LogP contribution is -2.35. The minimum absolute atomic E-state index is 0.0404. The van der Waals surface area contributed by atoms with Crippen molar-refractivity contribution in [3.63, 3.8) is 0 Å². The Morgan fingerprint density at radius 1 is 1.22 bits per heavy atom. The van der Waals surface area contributed by atoms with E-state index in [0.717, 1.165) is 24.5 Å². The summed E-state index contributed by atoms with van der Waals surface area (Å²) in [5, 5.41) is 22.3. The molecule has 1 saturated heterocycles. The van der Waals surface area contributed by atoms with E-state index in [1.807, 2.05) is 6.07 Å². The van der Waals surface area contributed by atoms with E-state index in [4.69, 9.17) is 9.47 Å². The van der Waals surface area contributed by atoms with E-state index < -0.39 is 47.0 Å². The number of ether oxygens (including phenoxy) is 2. The van der Waals surface area contributed by atoms with Crippen molar-refractivity contribution in [1.29, 1.82) is 0 Å². The first-order valence-corrected chi connectivity index (χ1v) is 11.8. The normalized spacial score (nSPS) is 21.6. The van der Waals surface area contributed by atoms with Crippen LogP contribution in [0.25, 0.3) is 10.9 Å². The molecule has 10 heteroatoms. The number of benzene rings is 2. The highest BCUT2D eigenvalue weighted by molar-refractivity contribution is 5.95. The van der Waals surface area contributed by atoms with Gasteiger partial charge in [-0.05, 0) is 30.9 Å². The first-order valence-electron chi connectivity index (χ1n) is 11.8. The molecule has 2 atom stereocenters. The number of fused-ring (bicyclic) bond motifs is 1. The third kappa shape index (κ3) is 4.71. The predicted octanol–water partition coefficient (Wildman–Crippen LogP) is 2.44. The maximum Gasteiger partial charge on any atom is 0.343 e. The number of aromatic nitrogens is 1. The van der Waals surface area contributed by atoms with E-state index in [1.165, 1.54) is 6.20 Å². The smallest absolute Gasteiger partial charge is 0.343 e. The Morgan fingerprint density at radius 2 is 1.97 bits per heavy atom.